The van der Waals surface area contributed by atoms with Crippen LogP contribution in [0.15, 0.2) is 54.7 Å². The molecule has 0 radical (unpaired) electrons. The molecule has 3 heterocycles. The van der Waals surface area contributed by atoms with Gasteiger partial charge in [0.1, 0.15) is 5.65 Å². The van der Waals surface area contributed by atoms with Crippen LogP contribution in [0.1, 0.15) is 24.0 Å². The molecule has 0 aliphatic carbocycles. The van der Waals surface area contributed by atoms with E-state index in [1.54, 1.807) is 0 Å². The first kappa shape index (κ1) is 15.7. The lowest BCUT2D eigenvalue weighted by Crippen LogP contribution is -1.99. The first-order valence-electron chi connectivity index (χ1n) is 9.14. The molecule has 5 rings (SSSR count). The largest absolute Gasteiger partial charge is 0.309 e. The van der Waals surface area contributed by atoms with Crippen molar-refractivity contribution in [3.63, 3.8) is 0 Å². The highest BCUT2D eigenvalue weighted by molar-refractivity contribution is 6.30. The molecule has 0 atom stereocenters. The zero-order valence-corrected chi connectivity index (χ0v) is 15.5. The fourth-order valence-corrected chi connectivity index (χ4v) is 4.09. The number of aromatic nitrogens is 3. The van der Waals surface area contributed by atoms with E-state index in [1.165, 1.54) is 46.3 Å². The first-order chi connectivity index (χ1) is 12.7. The van der Waals surface area contributed by atoms with E-state index in [9.17, 15) is 0 Å². The highest BCUT2D eigenvalue weighted by Gasteiger charge is 2.22. The maximum absolute atomic E-state index is 6.07. The average Bonchev–Trinajstić information content (AvgIpc) is 3.07. The quantitative estimate of drug-likeness (QED) is 0.444. The van der Waals surface area contributed by atoms with Gasteiger partial charge >= 0.3 is 0 Å². The molecule has 0 saturated heterocycles. The second kappa shape index (κ2) is 6.03. The Morgan fingerprint density at radius 2 is 1.65 bits per heavy atom. The summed E-state index contributed by atoms with van der Waals surface area (Å²) in [4.78, 5) is 0. The van der Waals surface area contributed by atoms with Crippen LogP contribution in [-0.4, -0.2) is 14.2 Å². The Bertz CT molecular complexity index is 1000. The van der Waals surface area contributed by atoms with Crippen LogP contribution in [0.4, 0.5) is 0 Å². The average molecular weight is 362 g/mol. The minimum Gasteiger partial charge on any atom is -0.309 e. The molecule has 1 aliphatic heterocycles. The van der Waals surface area contributed by atoms with E-state index < -0.39 is 0 Å². The van der Waals surface area contributed by atoms with Gasteiger partial charge in [-0.05, 0) is 43.9 Å². The lowest BCUT2D eigenvalue weighted by atomic mass is 10.0. The van der Waals surface area contributed by atoms with Crippen LogP contribution in [0.25, 0.3) is 28.2 Å². The minimum atomic E-state index is 0.771. The maximum Gasteiger partial charge on any atom is 0.162 e. The zero-order valence-electron chi connectivity index (χ0n) is 14.7. The Hall–Kier alpha value is -2.52. The van der Waals surface area contributed by atoms with Gasteiger partial charge in [0.05, 0.1) is 0 Å². The van der Waals surface area contributed by atoms with Gasteiger partial charge in [-0.25, -0.2) is 4.52 Å². The fraction of sp³-hybridized carbons (Fsp3) is 0.227. The molecule has 0 saturated carbocycles. The number of benzene rings is 2. The fourth-order valence-electron chi connectivity index (χ4n) is 3.96. The number of hydrogen-bond donors (Lipinski definition) is 0. The lowest BCUT2D eigenvalue weighted by molar-refractivity contribution is 0.645. The summed E-state index contributed by atoms with van der Waals surface area (Å²) in [6.07, 6.45) is 5.65. The molecule has 0 fully saturated rings. The predicted octanol–water partition coefficient (Wildman–Crippen LogP) is 5.77. The van der Waals surface area contributed by atoms with Crippen LogP contribution in [0.3, 0.4) is 0 Å². The highest BCUT2D eigenvalue weighted by atomic mass is 35.5. The van der Waals surface area contributed by atoms with Crippen molar-refractivity contribution in [1.29, 1.82) is 0 Å². The van der Waals surface area contributed by atoms with Crippen molar-refractivity contribution in [2.45, 2.75) is 32.7 Å². The van der Waals surface area contributed by atoms with Crippen LogP contribution in [0.5, 0.6) is 0 Å². The molecular formula is C22H20ClN3. The van der Waals surface area contributed by atoms with E-state index in [0.717, 1.165) is 23.8 Å². The van der Waals surface area contributed by atoms with Crippen LogP contribution in [-0.2, 0) is 13.0 Å². The van der Waals surface area contributed by atoms with Gasteiger partial charge in [0.25, 0.3) is 0 Å². The molecule has 0 bridgehead atoms. The van der Waals surface area contributed by atoms with Crippen molar-refractivity contribution in [3.05, 3.63) is 70.9 Å². The second-order valence-electron chi connectivity index (χ2n) is 7.09. The van der Waals surface area contributed by atoms with Crippen molar-refractivity contribution in [1.82, 2.24) is 14.2 Å². The summed E-state index contributed by atoms with van der Waals surface area (Å²) in [6, 6.07) is 16.8. The van der Waals surface area contributed by atoms with Gasteiger partial charge in [-0.3, -0.25) is 0 Å². The van der Waals surface area contributed by atoms with Gasteiger partial charge in [0, 0.05) is 34.5 Å². The molecule has 2 aromatic carbocycles. The van der Waals surface area contributed by atoms with Crippen LogP contribution >= 0.6 is 11.6 Å². The topological polar surface area (TPSA) is 22.2 Å². The van der Waals surface area contributed by atoms with Crippen LogP contribution in [0, 0.1) is 6.92 Å². The molecule has 0 spiro atoms. The molecule has 0 amide bonds. The van der Waals surface area contributed by atoms with Gasteiger partial charge in [-0.1, -0.05) is 53.6 Å². The van der Waals surface area contributed by atoms with E-state index >= 15 is 0 Å². The van der Waals surface area contributed by atoms with Crippen LogP contribution in [0.2, 0.25) is 5.02 Å². The van der Waals surface area contributed by atoms with Crippen molar-refractivity contribution in [2.24, 2.45) is 0 Å². The Balaban J connectivity index is 1.72. The van der Waals surface area contributed by atoms with Gasteiger partial charge in [0.2, 0.25) is 0 Å². The normalized spacial score (nSPS) is 13.9. The summed E-state index contributed by atoms with van der Waals surface area (Å²) in [6.45, 7) is 3.13. The van der Waals surface area contributed by atoms with Gasteiger partial charge in [-0.15, -0.1) is 5.10 Å². The number of rotatable bonds is 2. The van der Waals surface area contributed by atoms with E-state index in [2.05, 4.69) is 58.6 Å². The molecule has 0 N–H and O–H groups in total. The first-order valence-corrected chi connectivity index (χ1v) is 9.52. The van der Waals surface area contributed by atoms with Crippen molar-refractivity contribution < 1.29 is 0 Å². The summed E-state index contributed by atoms with van der Waals surface area (Å²) in [5, 5.41) is 5.71. The third kappa shape index (κ3) is 2.46. The number of nitrogens with zero attached hydrogens (tertiary/aromatic N) is 3. The molecule has 130 valence electrons. The number of hydrogen-bond acceptors (Lipinski definition) is 1. The maximum atomic E-state index is 6.07. The third-order valence-corrected chi connectivity index (χ3v) is 5.55. The lowest BCUT2D eigenvalue weighted by Gasteiger charge is -2.07. The molecule has 1 aliphatic rings. The second-order valence-corrected chi connectivity index (χ2v) is 7.53. The van der Waals surface area contributed by atoms with Gasteiger partial charge in [0.15, 0.2) is 5.82 Å². The predicted molar refractivity (Wildman–Crippen MR) is 107 cm³/mol. The van der Waals surface area contributed by atoms with E-state index in [1.807, 2.05) is 12.1 Å². The minimum absolute atomic E-state index is 0.771. The molecule has 0 unspecified atom stereocenters. The standard InChI is InChI=1S/C22H20ClN3/c1-15-5-7-17(8-6-15)21-24-26-14-20(16-9-11-18(23)12-10-16)19-4-2-3-13-25(21)22(19)26/h5-12,14H,2-4,13H2,1H3. The summed E-state index contributed by atoms with van der Waals surface area (Å²) >= 11 is 6.07. The summed E-state index contributed by atoms with van der Waals surface area (Å²) in [5.41, 5.74) is 7.57. The Morgan fingerprint density at radius 1 is 0.923 bits per heavy atom. The summed E-state index contributed by atoms with van der Waals surface area (Å²) in [7, 11) is 0. The molecule has 4 heteroatoms. The smallest absolute Gasteiger partial charge is 0.162 e. The number of halogens is 1. The Morgan fingerprint density at radius 3 is 2.42 bits per heavy atom. The SMILES string of the molecule is Cc1ccc(-c2nn3cc(-c4ccc(Cl)cc4)c4c3n2CCCC4)cc1. The van der Waals surface area contributed by atoms with E-state index in [0.29, 0.717) is 0 Å². The Kier molecular flexibility index (Phi) is 3.64. The number of aryl methyl sites for hydroxylation is 3. The van der Waals surface area contributed by atoms with Crippen molar-refractivity contribution in [3.8, 4) is 22.5 Å². The van der Waals surface area contributed by atoms with E-state index in [-0.39, 0.29) is 0 Å². The Labute approximate surface area is 157 Å². The van der Waals surface area contributed by atoms with E-state index in [4.69, 9.17) is 16.7 Å². The molecule has 4 aromatic rings. The molecule has 2 aromatic heterocycles. The molecule has 3 nitrogen and oxygen atoms in total. The zero-order chi connectivity index (χ0) is 17.7. The molecule has 26 heavy (non-hydrogen) atoms. The summed E-state index contributed by atoms with van der Waals surface area (Å²) < 4.78 is 4.46. The van der Waals surface area contributed by atoms with Gasteiger partial charge < -0.3 is 4.57 Å². The highest BCUT2D eigenvalue weighted by Crippen LogP contribution is 2.35. The third-order valence-electron chi connectivity index (χ3n) is 5.30. The van der Waals surface area contributed by atoms with Crippen molar-refractivity contribution >= 4 is 17.2 Å². The monoisotopic (exact) mass is 361 g/mol. The van der Waals surface area contributed by atoms with Gasteiger partial charge in [-0.2, -0.15) is 0 Å². The molecular weight excluding hydrogens is 342 g/mol. The van der Waals surface area contributed by atoms with Crippen molar-refractivity contribution in [2.75, 3.05) is 0 Å². The van der Waals surface area contributed by atoms with Crippen LogP contribution < -0.4 is 0 Å². The summed E-state index contributed by atoms with van der Waals surface area (Å²) in [5.74, 6) is 1.06.